The Morgan fingerprint density at radius 2 is 2.00 bits per heavy atom. The van der Waals surface area contributed by atoms with Crippen LogP contribution >= 0.6 is 0 Å². The van der Waals surface area contributed by atoms with E-state index in [-0.39, 0.29) is 15.3 Å². The molecular formula is C4H3F3N2OS2. The van der Waals surface area contributed by atoms with E-state index in [4.69, 9.17) is 0 Å². The quantitative estimate of drug-likeness (QED) is 0.596. The molecule has 1 unspecified atom stereocenters. The predicted octanol–water partition coefficient (Wildman–Crippen LogP) is 1.04. The minimum Gasteiger partial charge on any atom is -0.205 e. The lowest BCUT2D eigenvalue weighted by Gasteiger charge is -2.04. The van der Waals surface area contributed by atoms with Gasteiger partial charge in [-0.2, -0.15) is 13.2 Å². The maximum Gasteiger partial charge on any atom is 0.442 e. The molecule has 1 heterocycles. The van der Waals surface area contributed by atoms with Crippen LogP contribution in [0.3, 0.4) is 0 Å². The minimum absolute atomic E-state index is 0.127. The molecule has 0 aliphatic carbocycles. The van der Waals surface area contributed by atoms with Crippen LogP contribution in [0.25, 0.3) is 0 Å². The van der Waals surface area contributed by atoms with Gasteiger partial charge in [0.2, 0.25) is 5.04 Å². The largest absolute Gasteiger partial charge is 0.442 e. The second-order valence-corrected chi connectivity index (χ2v) is 4.92. The van der Waals surface area contributed by atoms with E-state index >= 15 is 0 Å². The number of hydrogen-bond acceptors (Lipinski definition) is 3. The van der Waals surface area contributed by atoms with Crippen LogP contribution in [0.5, 0.6) is 0 Å². The van der Waals surface area contributed by atoms with Gasteiger partial charge in [-0.3, -0.25) is 0 Å². The van der Waals surface area contributed by atoms with E-state index in [1.54, 1.807) is 0 Å². The highest BCUT2D eigenvalue weighted by Gasteiger charge is 2.41. The molecule has 68 valence electrons. The first kappa shape index (κ1) is 9.59. The van der Waals surface area contributed by atoms with E-state index in [1.165, 1.54) is 6.92 Å². The zero-order chi connectivity index (χ0) is 9.35. The van der Waals surface area contributed by atoms with Gasteiger partial charge in [0.25, 0.3) is 0 Å². The van der Waals surface area contributed by atoms with Gasteiger partial charge < -0.3 is 0 Å². The number of alkyl halides is 3. The number of hydrogen-bond donors (Lipinski definition) is 0. The van der Waals surface area contributed by atoms with Gasteiger partial charge in [-0.1, -0.05) is 0 Å². The first-order valence-corrected chi connectivity index (χ1v) is 5.19. The lowest BCUT2D eigenvalue weighted by molar-refractivity contribution is -0.0555. The van der Waals surface area contributed by atoms with Crippen molar-refractivity contribution in [3.63, 3.8) is 0 Å². The summed E-state index contributed by atoms with van der Waals surface area (Å²) in [5.41, 5.74) is 0. The molecule has 12 heavy (non-hydrogen) atoms. The van der Waals surface area contributed by atoms with Crippen LogP contribution in [-0.4, -0.2) is 20.5 Å². The third-order valence-corrected chi connectivity index (χ3v) is 4.06. The van der Waals surface area contributed by atoms with Crippen molar-refractivity contribution in [2.45, 2.75) is 13.1 Å². The van der Waals surface area contributed by atoms with Crippen molar-refractivity contribution < 1.29 is 17.4 Å². The molecule has 0 spiro atoms. The van der Waals surface area contributed by atoms with Crippen LogP contribution in [0.1, 0.15) is 6.92 Å². The summed E-state index contributed by atoms with van der Waals surface area (Å²) in [6.07, 6.45) is -4.54. The van der Waals surface area contributed by atoms with Crippen molar-refractivity contribution >= 4 is 29.8 Å². The Hall–Kier alpha value is -0.500. The minimum atomic E-state index is -4.54. The van der Waals surface area contributed by atoms with Gasteiger partial charge in [0.05, 0.1) is 0 Å². The van der Waals surface area contributed by atoms with Crippen LogP contribution in [-0.2, 0) is 19.7 Å². The summed E-state index contributed by atoms with van der Waals surface area (Å²) < 4.78 is 46.3. The summed E-state index contributed by atoms with van der Waals surface area (Å²) in [6.45, 7) is 1.36. The van der Waals surface area contributed by atoms with Crippen molar-refractivity contribution in [3.8, 4) is 0 Å². The van der Waals surface area contributed by atoms with Crippen molar-refractivity contribution in [2.75, 3.05) is 0 Å². The summed E-state index contributed by atoms with van der Waals surface area (Å²) in [7, 11) is -1.68. The fourth-order valence-corrected chi connectivity index (χ4v) is 2.43. The van der Waals surface area contributed by atoms with E-state index < -0.39 is 20.7 Å². The molecule has 8 heteroatoms. The van der Waals surface area contributed by atoms with Gasteiger partial charge in [0.15, 0.2) is 0 Å². The molecule has 1 rings (SSSR count). The zero-order valence-electron chi connectivity index (χ0n) is 5.75. The van der Waals surface area contributed by atoms with Gasteiger partial charge >= 0.3 is 6.18 Å². The molecule has 0 aromatic heterocycles. The highest BCUT2D eigenvalue weighted by molar-refractivity contribution is 8.47. The highest BCUT2D eigenvalue weighted by atomic mass is 32.8. The zero-order valence-corrected chi connectivity index (χ0v) is 7.39. The average Bonchev–Trinajstić information content (AvgIpc) is 2.29. The molecule has 0 aromatic rings. The summed E-state index contributed by atoms with van der Waals surface area (Å²) in [5, 5.41) is 5.17. The smallest absolute Gasteiger partial charge is 0.205 e. The second kappa shape index (κ2) is 3.09. The highest BCUT2D eigenvalue weighted by Crippen LogP contribution is 2.23. The topological polar surface area (TPSA) is 41.8 Å². The van der Waals surface area contributed by atoms with Crippen LogP contribution in [0, 0.1) is 0 Å². The van der Waals surface area contributed by atoms with E-state index in [0.29, 0.717) is 0 Å². The Morgan fingerprint density at radius 3 is 2.33 bits per heavy atom. The Labute approximate surface area is 71.0 Å². The molecule has 1 aliphatic rings. The van der Waals surface area contributed by atoms with Gasteiger partial charge in [0, 0.05) is 9.45 Å². The molecule has 0 N–H and O–H groups in total. The first-order chi connectivity index (χ1) is 5.46. The third kappa shape index (κ3) is 1.63. The lowest BCUT2D eigenvalue weighted by Crippen LogP contribution is -2.27. The molecule has 0 fully saturated rings. The van der Waals surface area contributed by atoms with E-state index in [0.717, 1.165) is 0 Å². The molecule has 0 radical (unpaired) electrons. The Balaban J connectivity index is 3.10. The van der Waals surface area contributed by atoms with Crippen LogP contribution in [0.4, 0.5) is 13.2 Å². The van der Waals surface area contributed by atoms with E-state index in [1.807, 2.05) is 0 Å². The van der Waals surface area contributed by atoms with Crippen molar-refractivity contribution in [1.82, 2.24) is 0 Å². The van der Waals surface area contributed by atoms with Gasteiger partial charge in [0.1, 0.15) is 15.3 Å². The Morgan fingerprint density at radius 1 is 1.42 bits per heavy atom. The predicted molar refractivity (Wildman–Crippen MR) is 42.1 cm³/mol. The molecule has 1 aliphatic heterocycles. The summed E-state index contributed by atoms with van der Waals surface area (Å²) in [6, 6.07) is 0. The number of rotatable bonds is 0. The van der Waals surface area contributed by atoms with Gasteiger partial charge in [-0.15, -0.1) is 10.2 Å². The third-order valence-electron chi connectivity index (χ3n) is 1.04. The molecule has 0 saturated heterocycles. The van der Waals surface area contributed by atoms with Crippen molar-refractivity contribution in [3.05, 3.63) is 0 Å². The Bertz CT molecular complexity index is 326. The Kier molecular flexibility index (Phi) is 2.47. The second-order valence-electron chi connectivity index (χ2n) is 1.86. The molecule has 0 saturated carbocycles. The van der Waals surface area contributed by atoms with E-state index in [9.17, 15) is 17.4 Å². The summed E-state index contributed by atoms with van der Waals surface area (Å²) in [5.74, 6) is 0. The summed E-state index contributed by atoms with van der Waals surface area (Å²) in [4.78, 5) is 0. The van der Waals surface area contributed by atoms with Gasteiger partial charge in [-0.25, -0.2) is 4.21 Å². The summed E-state index contributed by atoms with van der Waals surface area (Å²) >= 11 is 0. The maximum atomic E-state index is 12.0. The molecule has 3 nitrogen and oxygen atoms in total. The van der Waals surface area contributed by atoms with Crippen LogP contribution in [0.15, 0.2) is 10.2 Å². The van der Waals surface area contributed by atoms with Crippen molar-refractivity contribution in [2.24, 2.45) is 10.2 Å². The molecule has 0 aromatic carbocycles. The SMILES string of the molecule is CC1=NN=C(C(F)(F)F)S1=S=O. The number of nitrogens with zero attached hydrogens (tertiary/aromatic N) is 2. The fourth-order valence-electron chi connectivity index (χ4n) is 0.573. The monoisotopic (exact) mass is 216 g/mol. The molecule has 0 bridgehead atoms. The average molecular weight is 216 g/mol. The standard InChI is InChI=1S/C4H3F3N2OS2/c1-2-8-9-3(4(5,6)7)12(2)11-10/h1H3. The maximum absolute atomic E-state index is 12.0. The number of halogens is 3. The molecule has 1 atom stereocenters. The lowest BCUT2D eigenvalue weighted by atomic mass is 10.7. The first-order valence-electron chi connectivity index (χ1n) is 2.71. The molecule has 0 amide bonds. The van der Waals surface area contributed by atoms with Crippen molar-refractivity contribution in [1.29, 1.82) is 0 Å². The molecular weight excluding hydrogens is 213 g/mol. The van der Waals surface area contributed by atoms with E-state index in [2.05, 4.69) is 10.2 Å². The normalized spacial score (nSPS) is 23.5. The van der Waals surface area contributed by atoms with Crippen LogP contribution in [0.2, 0.25) is 0 Å². The van der Waals surface area contributed by atoms with Gasteiger partial charge in [-0.05, 0) is 6.92 Å². The fraction of sp³-hybridized carbons (Fsp3) is 0.500. The van der Waals surface area contributed by atoms with Crippen LogP contribution < -0.4 is 0 Å².